The van der Waals surface area contributed by atoms with E-state index >= 15 is 0 Å². The van der Waals surface area contributed by atoms with Gasteiger partial charge in [-0.05, 0) is 24.3 Å². The second kappa shape index (κ2) is 8.01. The van der Waals surface area contributed by atoms with Crippen molar-refractivity contribution in [1.29, 1.82) is 0 Å². The van der Waals surface area contributed by atoms with Crippen LogP contribution in [0.1, 0.15) is 0 Å². The highest BCUT2D eigenvalue weighted by molar-refractivity contribution is 7.99. The molecule has 27 heavy (non-hydrogen) atoms. The minimum atomic E-state index is -0.909. The number of para-hydroxylation sites is 1. The Balaban J connectivity index is 2.12. The smallest absolute Gasteiger partial charge is 0.266 e. The maximum atomic E-state index is 14.3. The summed E-state index contributed by atoms with van der Waals surface area (Å²) in [6, 6.07) is 9.48. The van der Waals surface area contributed by atoms with Gasteiger partial charge >= 0.3 is 0 Å². The molecule has 0 bridgehead atoms. The number of hydrogen-bond acceptors (Lipinski definition) is 4. The number of rotatable bonds is 5. The molecule has 3 rings (SSSR count). The van der Waals surface area contributed by atoms with Gasteiger partial charge in [-0.3, -0.25) is 14.2 Å². The number of amides is 1. The lowest BCUT2D eigenvalue weighted by Crippen LogP contribution is -2.27. The highest BCUT2D eigenvalue weighted by Gasteiger charge is 2.17. The zero-order valence-corrected chi connectivity index (χ0v) is 14.7. The standard InChI is InChI=1S/C19H13F2N3O2S/c1-2-9-22-17(25)11-27-19-23-15-6-4-3-5-13(15)18(26)24(19)16-8-7-12(20)10-14(16)21/h1,3-8,10H,9,11H2,(H,22,25). The van der Waals surface area contributed by atoms with Crippen LogP contribution in [0.2, 0.25) is 0 Å². The van der Waals surface area contributed by atoms with E-state index in [0.29, 0.717) is 11.6 Å². The zero-order valence-electron chi connectivity index (χ0n) is 13.9. The quantitative estimate of drug-likeness (QED) is 0.416. The first-order valence-electron chi connectivity index (χ1n) is 7.81. The van der Waals surface area contributed by atoms with Gasteiger partial charge in [0.15, 0.2) is 5.16 Å². The summed E-state index contributed by atoms with van der Waals surface area (Å²) in [6.45, 7) is 0.0734. The van der Waals surface area contributed by atoms with E-state index in [1.165, 1.54) is 0 Å². The zero-order chi connectivity index (χ0) is 19.4. The topological polar surface area (TPSA) is 64.0 Å². The summed E-state index contributed by atoms with van der Waals surface area (Å²) in [4.78, 5) is 29.1. The number of fused-ring (bicyclic) bond motifs is 1. The fourth-order valence-electron chi connectivity index (χ4n) is 2.41. The summed E-state index contributed by atoms with van der Waals surface area (Å²) in [7, 11) is 0. The molecule has 0 aliphatic carbocycles. The number of halogens is 2. The molecule has 136 valence electrons. The van der Waals surface area contributed by atoms with Crippen LogP contribution in [0.5, 0.6) is 0 Å². The van der Waals surface area contributed by atoms with Crippen LogP contribution in [-0.2, 0) is 4.79 Å². The van der Waals surface area contributed by atoms with Crippen molar-refractivity contribution in [3.8, 4) is 18.0 Å². The maximum Gasteiger partial charge on any atom is 0.266 e. The number of nitrogens with zero attached hydrogens (tertiary/aromatic N) is 2. The van der Waals surface area contributed by atoms with Gasteiger partial charge < -0.3 is 5.32 Å². The van der Waals surface area contributed by atoms with E-state index in [2.05, 4.69) is 16.2 Å². The van der Waals surface area contributed by atoms with Crippen LogP contribution >= 0.6 is 11.8 Å². The number of nitrogens with one attached hydrogen (secondary N) is 1. The van der Waals surface area contributed by atoms with Gasteiger partial charge in [0.25, 0.3) is 5.56 Å². The van der Waals surface area contributed by atoms with Gasteiger partial charge in [-0.2, -0.15) is 0 Å². The second-order valence-corrected chi connectivity index (χ2v) is 6.36. The molecule has 0 atom stereocenters. The molecule has 1 heterocycles. The van der Waals surface area contributed by atoms with Crippen LogP contribution in [0.4, 0.5) is 8.78 Å². The largest absolute Gasteiger partial charge is 0.344 e. The minimum Gasteiger partial charge on any atom is -0.344 e. The lowest BCUT2D eigenvalue weighted by molar-refractivity contribution is -0.118. The van der Waals surface area contributed by atoms with Gasteiger partial charge in [-0.25, -0.2) is 13.8 Å². The van der Waals surface area contributed by atoms with Crippen molar-refractivity contribution in [2.75, 3.05) is 12.3 Å². The molecule has 0 saturated carbocycles. The fraction of sp³-hybridized carbons (Fsp3) is 0.105. The lowest BCUT2D eigenvalue weighted by atomic mass is 10.2. The van der Waals surface area contributed by atoms with Crippen LogP contribution < -0.4 is 10.9 Å². The first-order chi connectivity index (χ1) is 13.0. The monoisotopic (exact) mass is 385 g/mol. The first-order valence-corrected chi connectivity index (χ1v) is 8.80. The summed E-state index contributed by atoms with van der Waals surface area (Å²) < 4.78 is 28.6. The third kappa shape index (κ3) is 3.99. The van der Waals surface area contributed by atoms with Crippen molar-refractivity contribution in [2.24, 2.45) is 0 Å². The first kappa shape index (κ1) is 18.6. The van der Waals surface area contributed by atoms with Gasteiger partial charge in [0.2, 0.25) is 5.91 Å². The van der Waals surface area contributed by atoms with Crippen LogP contribution in [0.3, 0.4) is 0 Å². The Hall–Kier alpha value is -3.18. The van der Waals surface area contributed by atoms with Crippen molar-refractivity contribution in [2.45, 2.75) is 5.16 Å². The summed E-state index contributed by atoms with van der Waals surface area (Å²) >= 11 is 0.953. The van der Waals surface area contributed by atoms with Crippen molar-refractivity contribution >= 4 is 28.6 Å². The second-order valence-electron chi connectivity index (χ2n) is 5.42. The molecule has 1 N–H and O–H groups in total. The van der Waals surface area contributed by atoms with Crippen LogP contribution in [0.25, 0.3) is 16.6 Å². The summed E-state index contributed by atoms with van der Waals surface area (Å²) in [6.07, 6.45) is 5.09. The molecule has 0 spiro atoms. The lowest BCUT2D eigenvalue weighted by Gasteiger charge is -2.13. The fourth-order valence-corrected chi connectivity index (χ4v) is 3.25. The Labute approximate surface area is 157 Å². The molecule has 5 nitrogen and oxygen atoms in total. The van der Waals surface area contributed by atoms with Crippen LogP contribution in [0.15, 0.2) is 52.4 Å². The average Bonchev–Trinajstić information content (AvgIpc) is 2.66. The van der Waals surface area contributed by atoms with Gasteiger partial charge in [-0.1, -0.05) is 29.8 Å². The predicted octanol–water partition coefficient (Wildman–Crippen LogP) is 2.51. The van der Waals surface area contributed by atoms with Crippen LogP contribution in [0, 0.1) is 24.0 Å². The Morgan fingerprint density at radius 2 is 2.04 bits per heavy atom. The maximum absolute atomic E-state index is 14.3. The van der Waals surface area contributed by atoms with E-state index in [1.54, 1.807) is 24.3 Å². The van der Waals surface area contributed by atoms with Gasteiger partial charge in [0, 0.05) is 6.07 Å². The Morgan fingerprint density at radius 3 is 2.78 bits per heavy atom. The average molecular weight is 385 g/mol. The van der Waals surface area contributed by atoms with E-state index in [9.17, 15) is 18.4 Å². The Kier molecular flexibility index (Phi) is 5.52. The Bertz CT molecular complexity index is 1120. The van der Waals surface area contributed by atoms with Crippen molar-refractivity contribution in [3.63, 3.8) is 0 Å². The number of aromatic nitrogens is 2. The van der Waals surface area contributed by atoms with Crippen molar-refractivity contribution in [1.82, 2.24) is 14.9 Å². The molecule has 1 aromatic heterocycles. The number of carbonyl (C=O) groups is 1. The predicted molar refractivity (Wildman–Crippen MR) is 99.8 cm³/mol. The van der Waals surface area contributed by atoms with Crippen molar-refractivity contribution in [3.05, 3.63) is 64.5 Å². The molecule has 3 aromatic rings. The number of terminal acetylenes is 1. The Morgan fingerprint density at radius 1 is 1.26 bits per heavy atom. The highest BCUT2D eigenvalue weighted by atomic mass is 32.2. The third-order valence-corrected chi connectivity index (χ3v) is 4.55. The normalized spacial score (nSPS) is 10.6. The summed E-state index contributed by atoms with van der Waals surface area (Å²) in [5.74, 6) is 0.181. The molecule has 0 unspecified atom stereocenters. The third-order valence-electron chi connectivity index (χ3n) is 3.62. The van der Waals surface area contributed by atoms with E-state index < -0.39 is 17.2 Å². The summed E-state index contributed by atoms with van der Waals surface area (Å²) in [5.41, 5.74) is -0.253. The molecule has 0 fully saturated rings. The molecule has 0 aliphatic heterocycles. The minimum absolute atomic E-state index is 0.0734. The van der Waals surface area contributed by atoms with E-state index in [4.69, 9.17) is 6.42 Å². The van der Waals surface area contributed by atoms with E-state index in [-0.39, 0.29) is 34.4 Å². The van der Waals surface area contributed by atoms with Gasteiger partial charge in [0.1, 0.15) is 11.6 Å². The van der Waals surface area contributed by atoms with E-state index in [0.717, 1.165) is 28.5 Å². The number of carbonyl (C=O) groups excluding carboxylic acids is 1. The number of thioether (sulfide) groups is 1. The van der Waals surface area contributed by atoms with E-state index in [1.807, 2.05) is 0 Å². The summed E-state index contributed by atoms with van der Waals surface area (Å²) in [5, 5.41) is 2.89. The van der Waals surface area contributed by atoms with Gasteiger partial charge in [0.05, 0.1) is 28.9 Å². The SMILES string of the molecule is C#CCNC(=O)CSc1nc2ccccc2c(=O)n1-c1ccc(F)cc1F. The number of benzene rings is 2. The molecule has 2 aromatic carbocycles. The molecular formula is C19H13F2N3O2S. The molecule has 0 radical (unpaired) electrons. The molecule has 1 amide bonds. The molecule has 0 saturated heterocycles. The van der Waals surface area contributed by atoms with Crippen LogP contribution in [-0.4, -0.2) is 27.8 Å². The molecule has 0 aliphatic rings. The van der Waals surface area contributed by atoms with Crippen molar-refractivity contribution < 1.29 is 13.6 Å². The van der Waals surface area contributed by atoms with Gasteiger partial charge in [-0.15, -0.1) is 6.42 Å². The molecular weight excluding hydrogens is 372 g/mol. The highest BCUT2D eigenvalue weighted by Crippen LogP contribution is 2.23. The number of hydrogen-bond donors (Lipinski definition) is 1. The molecule has 8 heteroatoms.